The van der Waals surface area contributed by atoms with Crippen molar-refractivity contribution in [3.63, 3.8) is 0 Å². The van der Waals surface area contributed by atoms with Crippen molar-refractivity contribution in [2.75, 3.05) is 6.61 Å². The molecule has 4 N–H and O–H groups in total. The molecule has 0 unspecified atom stereocenters. The maximum Gasteiger partial charge on any atom is 0.0894 e. The van der Waals surface area contributed by atoms with Gasteiger partial charge in [-0.05, 0) is 12.8 Å². The van der Waals surface area contributed by atoms with Crippen LogP contribution in [0.1, 0.15) is 64.7 Å². The Morgan fingerprint density at radius 3 is 2.11 bits per heavy atom. The van der Waals surface area contributed by atoms with E-state index in [1.807, 2.05) is 6.08 Å². The third kappa shape index (κ3) is 10.8. The van der Waals surface area contributed by atoms with E-state index in [0.717, 1.165) is 6.42 Å². The van der Waals surface area contributed by atoms with Gasteiger partial charge in [0.2, 0.25) is 0 Å². The van der Waals surface area contributed by atoms with Crippen LogP contribution in [0.25, 0.3) is 0 Å². The monoisotopic (exact) mass is 257 g/mol. The van der Waals surface area contributed by atoms with Crippen LogP contribution in [0.4, 0.5) is 0 Å². The molecule has 0 fully saturated rings. The fourth-order valence-corrected chi connectivity index (χ4v) is 1.88. The normalized spacial score (nSPS) is 15.1. The predicted octanol–water partition coefficient (Wildman–Crippen LogP) is 2.75. The van der Waals surface area contributed by atoms with Gasteiger partial charge in [-0.25, -0.2) is 0 Å². The SMILES string of the molecule is CCCCCCCCCC/C=C/[C@H](O)[C@H](N)CO. The number of allylic oxidation sites excluding steroid dienone is 1. The smallest absolute Gasteiger partial charge is 0.0894 e. The summed E-state index contributed by atoms with van der Waals surface area (Å²) in [6.07, 6.45) is 14.5. The third-order valence-electron chi connectivity index (χ3n) is 3.21. The standard InChI is InChI=1S/C15H31NO2/c1-2-3-4-5-6-7-8-9-10-11-12-15(18)14(16)13-17/h11-12,14-15,17-18H,2-10,13,16H2,1H3/b12-11+/t14-,15+/m1/s1. The highest BCUT2D eigenvalue weighted by molar-refractivity contribution is 4.93. The van der Waals surface area contributed by atoms with Crippen molar-refractivity contribution in [2.45, 2.75) is 76.9 Å². The molecule has 0 aliphatic rings. The van der Waals surface area contributed by atoms with Crippen molar-refractivity contribution in [1.29, 1.82) is 0 Å². The van der Waals surface area contributed by atoms with Crippen molar-refractivity contribution >= 4 is 0 Å². The topological polar surface area (TPSA) is 66.5 Å². The van der Waals surface area contributed by atoms with Gasteiger partial charge in [-0.3, -0.25) is 0 Å². The molecule has 3 heteroatoms. The van der Waals surface area contributed by atoms with Crippen LogP contribution in [-0.4, -0.2) is 29.0 Å². The molecule has 0 amide bonds. The van der Waals surface area contributed by atoms with Crippen LogP contribution in [0.15, 0.2) is 12.2 Å². The zero-order valence-corrected chi connectivity index (χ0v) is 11.9. The summed E-state index contributed by atoms with van der Waals surface area (Å²) in [5.41, 5.74) is 5.49. The Bertz CT molecular complexity index is 195. The zero-order valence-electron chi connectivity index (χ0n) is 11.9. The van der Waals surface area contributed by atoms with Gasteiger partial charge in [-0.15, -0.1) is 0 Å². The Hall–Kier alpha value is -0.380. The molecule has 0 radical (unpaired) electrons. The van der Waals surface area contributed by atoms with Gasteiger partial charge in [-0.1, -0.05) is 64.0 Å². The van der Waals surface area contributed by atoms with Crippen LogP contribution >= 0.6 is 0 Å². The summed E-state index contributed by atoms with van der Waals surface area (Å²) >= 11 is 0. The molecular weight excluding hydrogens is 226 g/mol. The molecule has 0 saturated heterocycles. The molecule has 0 heterocycles. The van der Waals surface area contributed by atoms with Gasteiger partial charge in [-0.2, -0.15) is 0 Å². The Morgan fingerprint density at radius 1 is 1.00 bits per heavy atom. The molecule has 0 aliphatic heterocycles. The van der Waals surface area contributed by atoms with Crippen LogP contribution in [0, 0.1) is 0 Å². The Balaban J connectivity index is 3.27. The second-order valence-electron chi connectivity index (χ2n) is 5.03. The largest absolute Gasteiger partial charge is 0.395 e. The van der Waals surface area contributed by atoms with Crippen molar-refractivity contribution in [1.82, 2.24) is 0 Å². The second kappa shape index (κ2) is 13.1. The summed E-state index contributed by atoms with van der Waals surface area (Å²) in [5, 5.41) is 18.2. The van der Waals surface area contributed by atoms with E-state index in [1.165, 1.54) is 51.4 Å². The minimum Gasteiger partial charge on any atom is -0.395 e. The van der Waals surface area contributed by atoms with Crippen LogP contribution in [0.5, 0.6) is 0 Å². The van der Waals surface area contributed by atoms with E-state index in [0.29, 0.717) is 0 Å². The lowest BCUT2D eigenvalue weighted by atomic mass is 10.1. The average Bonchev–Trinajstić information content (AvgIpc) is 2.39. The third-order valence-corrected chi connectivity index (χ3v) is 3.21. The fourth-order valence-electron chi connectivity index (χ4n) is 1.88. The van der Waals surface area contributed by atoms with Gasteiger partial charge < -0.3 is 15.9 Å². The minimum atomic E-state index is -0.718. The summed E-state index contributed by atoms with van der Waals surface area (Å²) in [7, 11) is 0. The summed E-state index contributed by atoms with van der Waals surface area (Å²) < 4.78 is 0. The summed E-state index contributed by atoms with van der Waals surface area (Å²) in [6.45, 7) is 2.06. The maximum absolute atomic E-state index is 9.47. The fraction of sp³-hybridized carbons (Fsp3) is 0.867. The number of hydrogen-bond donors (Lipinski definition) is 3. The first-order chi connectivity index (χ1) is 8.72. The van der Waals surface area contributed by atoms with E-state index in [-0.39, 0.29) is 6.61 Å². The van der Waals surface area contributed by atoms with Gasteiger partial charge in [0.25, 0.3) is 0 Å². The first-order valence-electron chi connectivity index (χ1n) is 7.43. The highest BCUT2D eigenvalue weighted by Crippen LogP contribution is 2.09. The Morgan fingerprint density at radius 2 is 1.56 bits per heavy atom. The lowest BCUT2D eigenvalue weighted by Crippen LogP contribution is -2.36. The van der Waals surface area contributed by atoms with Crippen molar-refractivity contribution < 1.29 is 10.2 Å². The summed E-state index contributed by atoms with van der Waals surface area (Å²) in [5.74, 6) is 0. The van der Waals surface area contributed by atoms with Gasteiger partial charge >= 0.3 is 0 Å². The molecule has 2 atom stereocenters. The molecule has 0 aromatic carbocycles. The van der Waals surface area contributed by atoms with Gasteiger partial charge in [0, 0.05) is 0 Å². The molecule has 0 aromatic heterocycles. The van der Waals surface area contributed by atoms with E-state index in [9.17, 15) is 5.11 Å². The molecule has 0 spiro atoms. The molecule has 108 valence electrons. The minimum absolute atomic E-state index is 0.177. The number of aliphatic hydroxyl groups is 2. The van der Waals surface area contributed by atoms with E-state index in [4.69, 9.17) is 10.8 Å². The molecule has 0 bridgehead atoms. The quantitative estimate of drug-likeness (QED) is 0.372. The summed E-state index contributed by atoms with van der Waals surface area (Å²) in [4.78, 5) is 0. The zero-order chi connectivity index (χ0) is 13.6. The number of aliphatic hydroxyl groups excluding tert-OH is 2. The molecule has 0 saturated carbocycles. The van der Waals surface area contributed by atoms with Crippen LogP contribution < -0.4 is 5.73 Å². The first kappa shape index (κ1) is 17.6. The van der Waals surface area contributed by atoms with Gasteiger partial charge in [0.05, 0.1) is 18.8 Å². The number of rotatable bonds is 12. The molecule has 0 aliphatic carbocycles. The average molecular weight is 257 g/mol. The maximum atomic E-state index is 9.47. The van der Waals surface area contributed by atoms with E-state index in [1.54, 1.807) is 6.08 Å². The number of nitrogens with two attached hydrogens (primary N) is 1. The highest BCUT2D eigenvalue weighted by atomic mass is 16.3. The Labute approximate surface area is 112 Å². The van der Waals surface area contributed by atoms with E-state index in [2.05, 4.69) is 6.92 Å². The van der Waals surface area contributed by atoms with Crippen LogP contribution in [0.2, 0.25) is 0 Å². The van der Waals surface area contributed by atoms with Crippen LogP contribution in [0.3, 0.4) is 0 Å². The van der Waals surface area contributed by atoms with Crippen molar-refractivity contribution in [2.24, 2.45) is 5.73 Å². The van der Waals surface area contributed by atoms with Crippen molar-refractivity contribution in [3.05, 3.63) is 12.2 Å². The van der Waals surface area contributed by atoms with Gasteiger partial charge in [0.15, 0.2) is 0 Å². The number of hydrogen-bond acceptors (Lipinski definition) is 3. The van der Waals surface area contributed by atoms with E-state index < -0.39 is 12.1 Å². The van der Waals surface area contributed by atoms with Crippen molar-refractivity contribution in [3.8, 4) is 0 Å². The first-order valence-corrected chi connectivity index (χ1v) is 7.43. The lowest BCUT2D eigenvalue weighted by molar-refractivity contribution is 0.144. The molecule has 0 rings (SSSR count). The highest BCUT2D eigenvalue weighted by Gasteiger charge is 2.08. The molecule has 0 aromatic rings. The van der Waals surface area contributed by atoms with Gasteiger partial charge in [0.1, 0.15) is 0 Å². The second-order valence-corrected chi connectivity index (χ2v) is 5.03. The predicted molar refractivity (Wildman–Crippen MR) is 77.4 cm³/mol. The van der Waals surface area contributed by atoms with Crippen LogP contribution in [-0.2, 0) is 0 Å². The lowest BCUT2D eigenvalue weighted by Gasteiger charge is -2.11. The molecular formula is C15H31NO2. The Kier molecular flexibility index (Phi) is 12.8. The molecule has 18 heavy (non-hydrogen) atoms. The molecule has 3 nitrogen and oxygen atoms in total. The van der Waals surface area contributed by atoms with E-state index >= 15 is 0 Å². The number of unbranched alkanes of at least 4 members (excludes halogenated alkanes) is 8. The summed E-state index contributed by atoms with van der Waals surface area (Å²) in [6, 6.07) is -0.556.